The molecule has 2 aromatic carbocycles. The molecule has 3 aromatic rings. The van der Waals surface area contributed by atoms with Crippen LogP contribution >= 0.6 is 0 Å². The van der Waals surface area contributed by atoms with Gasteiger partial charge in [0.05, 0.1) is 22.5 Å². The Bertz CT molecular complexity index is 1220. The predicted molar refractivity (Wildman–Crippen MR) is 116 cm³/mol. The molecule has 10 heteroatoms. The molecule has 0 spiro atoms. The van der Waals surface area contributed by atoms with E-state index in [0.29, 0.717) is 29.1 Å². The third-order valence-electron chi connectivity index (χ3n) is 4.36. The highest BCUT2D eigenvalue weighted by Crippen LogP contribution is 2.32. The zero-order valence-electron chi connectivity index (χ0n) is 16.7. The number of likely N-dealkylation sites (N-methyl/N-ethyl adjacent to an activating group) is 1. The first kappa shape index (κ1) is 21.5. The molecule has 3 N–H and O–H groups in total. The summed E-state index contributed by atoms with van der Waals surface area (Å²) in [5, 5.41) is 7.77. The van der Waals surface area contributed by atoms with Crippen LogP contribution in [-0.2, 0) is 14.9 Å². The fraction of sp³-hybridized carbons (Fsp3) is 0.200. The van der Waals surface area contributed by atoms with Crippen molar-refractivity contribution in [3.63, 3.8) is 0 Å². The van der Waals surface area contributed by atoms with Gasteiger partial charge < -0.3 is 14.6 Å². The minimum atomic E-state index is -4.40. The summed E-state index contributed by atoms with van der Waals surface area (Å²) in [5.41, 5.74) is 5.11. The second-order valence-electron chi connectivity index (χ2n) is 6.41. The van der Waals surface area contributed by atoms with Gasteiger partial charge >= 0.3 is 0 Å². The first-order valence-corrected chi connectivity index (χ1v) is 10.6. The van der Waals surface area contributed by atoms with Gasteiger partial charge in [0.25, 0.3) is 16.0 Å². The Morgan fingerprint density at radius 3 is 2.57 bits per heavy atom. The molecule has 30 heavy (non-hydrogen) atoms. The Kier molecular flexibility index (Phi) is 6.20. The van der Waals surface area contributed by atoms with Crippen LogP contribution in [0.1, 0.15) is 12.5 Å². The van der Waals surface area contributed by atoms with Crippen molar-refractivity contribution < 1.29 is 22.2 Å². The number of nitrogens with one attached hydrogen (secondary N) is 2. The Morgan fingerprint density at radius 2 is 1.90 bits per heavy atom. The van der Waals surface area contributed by atoms with Crippen LogP contribution in [-0.4, -0.2) is 45.2 Å². The van der Waals surface area contributed by atoms with Crippen LogP contribution in [0.15, 0.2) is 63.1 Å². The van der Waals surface area contributed by atoms with Crippen LogP contribution in [0.25, 0.3) is 11.0 Å². The lowest BCUT2D eigenvalue weighted by Crippen LogP contribution is -2.30. The van der Waals surface area contributed by atoms with Crippen LogP contribution in [0.3, 0.4) is 0 Å². The minimum Gasteiger partial charge on any atom is -0.464 e. The molecule has 9 nitrogen and oxygen atoms in total. The summed E-state index contributed by atoms with van der Waals surface area (Å²) in [5.74, 6) is -0.355. The van der Waals surface area contributed by atoms with E-state index in [2.05, 4.69) is 15.8 Å². The maximum Gasteiger partial charge on any atom is 0.294 e. The average Bonchev–Trinajstić information content (AvgIpc) is 3.28. The van der Waals surface area contributed by atoms with Gasteiger partial charge in [-0.05, 0) is 57.4 Å². The number of carbonyl (C=O) groups is 1. The average molecular weight is 430 g/mol. The number of hydrogen-bond donors (Lipinski definition) is 3. The standard InChI is InChI=1S/C18H15N3O5S.C2H7N/c1-2-21-15-7-6-11(27(23,24)25)10-13(15)17(18(21)22)20-19-14-4-3-5-16-12(14)8-9-26-16;1-3-2/h3-10,19H,2H2,1H3,(H,23,24,25);3H,1-2H3. The van der Waals surface area contributed by atoms with Gasteiger partial charge in [-0.2, -0.15) is 13.5 Å². The number of anilines is 2. The van der Waals surface area contributed by atoms with Crippen molar-refractivity contribution in [3.8, 4) is 0 Å². The van der Waals surface area contributed by atoms with Crippen molar-refractivity contribution >= 4 is 44.1 Å². The van der Waals surface area contributed by atoms with Crippen molar-refractivity contribution in [1.29, 1.82) is 0 Å². The number of amides is 1. The lowest BCUT2D eigenvalue weighted by Gasteiger charge is -2.13. The molecule has 1 amide bonds. The molecule has 0 aliphatic carbocycles. The number of fused-ring (bicyclic) bond motifs is 2. The topological polar surface area (TPSA) is 124 Å². The Morgan fingerprint density at radius 1 is 1.17 bits per heavy atom. The van der Waals surface area contributed by atoms with Gasteiger partial charge in [-0.3, -0.25) is 14.8 Å². The zero-order valence-corrected chi connectivity index (χ0v) is 17.5. The zero-order chi connectivity index (χ0) is 21.9. The summed E-state index contributed by atoms with van der Waals surface area (Å²) in [6.07, 6.45) is 1.55. The molecule has 1 aliphatic heterocycles. The molecule has 0 bridgehead atoms. The van der Waals surface area contributed by atoms with Gasteiger partial charge in [-0.15, -0.1) is 0 Å². The van der Waals surface area contributed by atoms with E-state index in [1.807, 2.05) is 14.1 Å². The summed E-state index contributed by atoms with van der Waals surface area (Å²) in [6.45, 7) is 2.20. The van der Waals surface area contributed by atoms with Crippen LogP contribution in [0, 0.1) is 0 Å². The fourth-order valence-electron chi connectivity index (χ4n) is 3.08. The van der Waals surface area contributed by atoms with Gasteiger partial charge in [0, 0.05) is 17.5 Å². The van der Waals surface area contributed by atoms with E-state index in [0.717, 1.165) is 5.39 Å². The van der Waals surface area contributed by atoms with Crippen molar-refractivity contribution in [3.05, 3.63) is 54.3 Å². The van der Waals surface area contributed by atoms with E-state index in [-0.39, 0.29) is 16.5 Å². The highest BCUT2D eigenvalue weighted by atomic mass is 32.2. The van der Waals surface area contributed by atoms with Gasteiger partial charge in [-0.1, -0.05) is 6.07 Å². The first-order valence-electron chi connectivity index (χ1n) is 9.14. The predicted octanol–water partition coefficient (Wildman–Crippen LogP) is 2.70. The van der Waals surface area contributed by atoms with E-state index in [1.165, 1.54) is 23.1 Å². The summed E-state index contributed by atoms with van der Waals surface area (Å²) in [6, 6.07) is 11.1. The van der Waals surface area contributed by atoms with Crippen LogP contribution in [0.4, 0.5) is 11.4 Å². The highest BCUT2D eigenvalue weighted by molar-refractivity contribution is 7.85. The molecular formula is C20H22N4O5S. The van der Waals surface area contributed by atoms with E-state index >= 15 is 0 Å². The molecule has 0 saturated heterocycles. The smallest absolute Gasteiger partial charge is 0.294 e. The molecule has 0 radical (unpaired) electrons. The number of hydrazone groups is 1. The number of furan rings is 1. The minimum absolute atomic E-state index is 0.0675. The number of nitrogens with zero attached hydrogens (tertiary/aromatic N) is 2. The summed E-state index contributed by atoms with van der Waals surface area (Å²) < 4.78 is 37.6. The molecular weight excluding hydrogens is 408 g/mol. The van der Waals surface area contributed by atoms with E-state index in [9.17, 15) is 17.8 Å². The van der Waals surface area contributed by atoms with Crippen LogP contribution < -0.4 is 15.6 Å². The molecule has 0 fully saturated rings. The van der Waals surface area contributed by atoms with Gasteiger partial charge in [-0.25, -0.2) is 0 Å². The van der Waals surface area contributed by atoms with Gasteiger partial charge in [0.1, 0.15) is 5.58 Å². The molecule has 158 valence electrons. The Labute approximate surface area is 174 Å². The Balaban J connectivity index is 0.000000806. The summed E-state index contributed by atoms with van der Waals surface area (Å²) in [4.78, 5) is 13.9. The van der Waals surface area contributed by atoms with E-state index in [1.54, 1.807) is 37.5 Å². The molecule has 0 saturated carbocycles. The molecule has 0 unspecified atom stereocenters. The largest absolute Gasteiger partial charge is 0.464 e. The summed E-state index contributed by atoms with van der Waals surface area (Å²) >= 11 is 0. The maximum atomic E-state index is 12.7. The van der Waals surface area contributed by atoms with E-state index < -0.39 is 10.1 Å². The molecule has 4 rings (SSSR count). The van der Waals surface area contributed by atoms with E-state index in [4.69, 9.17) is 4.42 Å². The quantitative estimate of drug-likeness (QED) is 0.429. The number of benzene rings is 2. The van der Waals surface area contributed by atoms with Crippen molar-refractivity contribution in [1.82, 2.24) is 5.32 Å². The van der Waals surface area contributed by atoms with Gasteiger partial charge in [0.2, 0.25) is 0 Å². The second-order valence-corrected chi connectivity index (χ2v) is 7.84. The summed E-state index contributed by atoms with van der Waals surface area (Å²) in [7, 11) is -0.646. The van der Waals surface area contributed by atoms with Crippen molar-refractivity contribution in [2.24, 2.45) is 5.10 Å². The van der Waals surface area contributed by atoms with Crippen LogP contribution in [0.5, 0.6) is 0 Å². The number of carbonyl (C=O) groups excluding carboxylic acids is 1. The third-order valence-corrected chi connectivity index (χ3v) is 5.21. The number of hydrogen-bond acceptors (Lipinski definition) is 7. The van der Waals surface area contributed by atoms with Crippen molar-refractivity contribution in [2.45, 2.75) is 11.8 Å². The third kappa shape index (κ3) is 4.06. The molecule has 2 heterocycles. The van der Waals surface area contributed by atoms with Crippen molar-refractivity contribution in [2.75, 3.05) is 31.0 Å². The molecule has 0 atom stereocenters. The van der Waals surface area contributed by atoms with Crippen LogP contribution in [0.2, 0.25) is 0 Å². The SMILES string of the molecule is CCN1C(=O)C(=NNc2cccc3occc23)c2cc(S(=O)(=O)O)ccc21.CNC. The van der Waals surface area contributed by atoms with Gasteiger partial charge in [0.15, 0.2) is 5.71 Å². The first-order chi connectivity index (χ1) is 14.3. The maximum absolute atomic E-state index is 12.7. The lowest BCUT2D eigenvalue weighted by atomic mass is 10.1. The monoisotopic (exact) mass is 430 g/mol. The fourth-order valence-corrected chi connectivity index (χ4v) is 3.59. The Hall–Kier alpha value is -3.21. The number of rotatable bonds is 4. The highest BCUT2D eigenvalue weighted by Gasteiger charge is 2.34. The molecule has 1 aliphatic rings. The molecule has 1 aromatic heterocycles. The lowest BCUT2D eigenvalue weighted by molar-refractivity contribution is -0.112. The second kappa shape index (κ2) is 8.66. The normalized spacial score (nSPS) is 14.6.